The van der Waals surface area contributed by atoms with Gasteiger partial charge in [0.15, 0.2) is 0 Å². The second-order valence-corrected chi connectivity index (χ2v) is 3.54. The summed E-state index contributed by atoms with van der Waals surface area (Å²) < 4.78 is 0. The van der Waals surface area contributed by atoms with E-state index >= 15 is 0 Å². The summed E-state index contributed by atoms with van der Waals surface area (Å²) in [7, 11) is 0. The highest BCUT2D eigenvalue weighted by Gasteiger charge is 2.54. The van der Waals surface area contributed by atoms with Gasteiger partial charge in [-0.15, -0.1) is 0 Å². The van der Waals surface area contributed by atoms with Crippen molar-refractivity contribution in [3.05, 3.63) is 0 Å². The third-order valence-corrected chi connectivity index (χ3v) is 2.58. The first-order valence-corrected chi connectivity index (χ1v) is 4.31. The normalized spacial score (nSPS) is 33.8. The SMILES string of the molecule is O=C(O)C1(O)CCCCCC1(O)O. The molecule has 4 N–H and O–H groups in total. The molecule has 0 spiro atoms. The predicted octanol–water partition coefficient (Wildman–Crippen LogP) is -0.553. The Morgan fingerprint density at radius 3 is 2.08 bits per heavy atom. The van der Waals surface area contributed by atoms with Crippen molar-refractivity contribution < 1.29 is 25.2 Å². The van der Waals surface area contributed by atoms with Crippen LogP contribution in [0.25, 0.3) is 0 Å². The molecule has 0 heterocycles. The van der Waals surface area contributed by atoms with Crippen LogP contribution in [0.3, 0.4) is 0 Å². The van der Waals surface area contributed by atoms with Crippen LogP contribution < -0.4 is 0 Å². The van der Waals surface area contributed by atoms with Crippen LogP contribution in [0.15, 0.2) is 0 Å². The molecule has 0 aromatic heterocycles. The maximum Gasteiger partial charge on any atom is 0.341 e. The van der Waals surface area contributed by atoms with Gasteiger partial charge in [0.2, 0.25) is 11.4 Å². The topological polar surface area (TPSA) is 98.0 Å². The van der Waals surface area contributed by atoms with Crippen LogP contribution in [0.2, 0.25) is 0 Å². The molecule has 76 valence electrons. The Bertz CT molecular complexity index is 213. The molecule has 0 bridgehead atoms. The predicted molar refractivity (Wildman–Crippen MR) is 42.8 cm³/mol. The van der Waals surface area contributed by atoms with Crippen LogP contribution >= 0.6 is 0 Å². The van der Waals surface area contributed by atoms with Gasteiger partial charge in [-0.3, -0.25) is 0 Å². The Hall–Kier alpha value is -0.650. The summed E-state index contributed by atoms with van der Waals surface area (Å²) in [5.41, 5.74) is -2.41. The van der Waals surface area contributed by atoms with Crippen molar-refractivity contribution in [3.8, 4) is 0 Å². The lowest BCUT2D eigenvalue weighted by atomic mass is 9.88. The van der Waals surface area contributed by atoms with E-state index in [4.69, 9.17) is 5.11 Å². The largest absolute Gasteiger partial charge is 0.479 e. The van der Waals surface area contributed by atoms with Gasteiger partial charge in [-0.2, -0.15) is 0 Å². The second-order valence-electron chi connectivity index (χ2n) is 3.54. The molecule has 0 aromatic carbocycles. The molecule has 0 amide bonds. The van der Waals surface area contributed by atoms with Crippen molar-refractivity contribution in [2.45, 2.75) is 43.5 Å². The van der Waals surface area contributed by atoms with Crippen LogP contribution in [0, 0.1) is 0 Å². The number of aliphatic carboxylic acids is 1. The molecule has 0 aliphatic heterocycles. The Balaban J connectivity index is 2.95. The van der Waals surface area contributed by atoms with Gasteiger partial charge >= 0.3 is 5.97 Å². The summed E-state index contributed by atoms with van der Waals surface area (Å²) in [6, 6.07) is 0. The lowest BCUT2D eigenvalue weighted by Gasteiger charge is -2.34. The van der Waals surface area contributed by atoms with Gasteiger partial charge in [0, 0.05) is 6.42 Å². The Kier molecular flexibility index (Phi) is 2.61. The third kappa shape index (κ3) is 1.67. The molecule has 1 saturated carbocycles. The molecule has 1 atom stereocenters. The maximum absolute atomic E-state index is 10.7. The van der Waals surface area contributed by atoms with Gasteiger partial charge in [0.1, 0.15) is 0 Å². The molecule has 0 aromatic rings. The average Bonchev–Trinajstić information content (AvgIpc) is 2.13. The zero-order valence-electron chi connectivity index (χ0n) is 7.23. The Morgan fingerprint density at radius 1 is 1.00 bits per heavy atom. The summed E-state index contributed by atoms with van der Waals surface area (Å²) in [4.78, 5) is 10.7. The fourth-order valence-electron chi connectivity index (χ4n) is 1.61. The highest BCUT2D eigenvalue weighted by atomic mass is 16.5. The minimum Gasteiger partial charge on any atom is -0.479 e. The van der Waals surface area contributed by atoms with E-state index in [-0.39, 0.29) is 12.8 Å². The van der Waals surface area contributed by atoms with Gasteiger partial charge in [-0.05, 0) is 19.3 Å². The van der Waals surface area contributed by atoms with E-state index in [0.29, 0.717) is 19.3 Å². The lowest BCUT2D eigenvalue weighted by molar-refractivity contribution is -0.274. The number of carbonyl (C=O) groups is 1. The number of rotatable bonds is 1. The molecule has 1 aliphatic carbocycles. The number of hydrogen-bond acceptors (Lipinski definition) is 4. The summed E-state index contributed by atoms with van der Waals surface area (Å²) in [5.74, 6) is -4.07. The van der Waals surface area contributed by atoms with Gasteiger partial charge in [-0.25, -0.2) is 4.79 Å². The van der Waals surface area contributed by atoms with E-state index in [0.717, 1.165) is 0 Å². The molecule has 1 aliphatic rings. The quantitative estimate of drug-likeness (QED) is 0.328. The highest BCUT2D eigenvalue weighted by Crippen LogP contribution is 2.34. The summed E-state index contributed by atoms with van der Waals surface area (Å²) in [5, 5.41) is 37.0. The maximum atomic E-state index is 10.7. The van der Waals surface area contributed by atoms with Gasteiger partial charge in [0.25, 0.3) is 0 Å². The van der Waals surface area contributed by atoms with Crippen molar-refractivity contribution in [1.29, 1.82) is 0 Å². The molecule has 1 unspecified atom stereocenters. The minimum absolute atomic E-state index is 0.101. The van der Waals surface area contributed by atoms with E-state index < -0.39 is 17.4 Å². The van der Waals surface area contributed by atoms with Crippen LogP contribution in [0.5, 0.6) is 0 Å². The Morgan fingerprint density at radius 2 is 1.54 bits per heavy atom. The summed E-state index contributed by atoms with van der Waals surface area (Å²) in [6.07, 6.45) is 1.50. The molecule has 1 fully saturated rings. The molecule has 0 radical (unpaired) electrons. The summed E-state index contributed by atoms with van der Waals surface area (Å²) >= 11 is 0. The standard InChI is InChI=1S/C8H14O5/c9-6(10)7(11)4-2-1-3-5-8(7,12)13/h11-13H,1-5H2,(H,9,10). The minimum atomic E-state index is -2.50. The first kappa shape index (κ1) is 10.4. The first-order valence-electron chi connectivity index (χ1n) is 4.31. The smallest absolute Gasteiger partial charge is 0.341 e. The first-order chi connectivity index (χ1) is 5.90. The van der Waals surface area contributed by atoms with E-state index in [1.165, 1.54) is 0 Å². The van der Waals surface area contributed by atoms with Crippen molar-refractivity contribution in [2.75, 3.05) is 0 Å². The zero-order valence-corrected chi connectivity index (χ0v) is 7.23. The molecule has 5 nitrogen and oxygen atoms in total. The lowest BCUT2D eigenvalue weighted by Crippen LogP contribution is -2.58. The van der Waals surface area contributed by atoms with Crippen molar-refractivity contribution >= 4 is 5.97 Å². The molecule has 0 saturated heterocycles. The average molecular weight is 190 g/mol. The van der Waals surface area contributed by atoms with Crippen LogP contribution in [-0.4, -0.2) is 37.8 Å². The van der Waals surface area contributed by atoms with Gasteiger partial charge in [-0.1, -0.05) is 6.42 Å². The van der Waals surface area contributed by atoms with Crippen molar-refractivity contribution in [1.82, 2.24) is 0 Å². The Labute approximate surface area is 75.6 Å². The molecule has 1 rings (SSSR count). The van der Waals surface area contributed by atoms with Crippen LogP contribution in [0.1, 0.15) is 32.1 Å². The number of hydrogen-bond donors (Lipinski definition) is 4. The van der Waals surface area contributed by atoms with Crippen molar-refractivity contribution in [2.24, 2.45) is 0 Å². The monoisotopic (exact) mass is 190 g/mol. The van der Waals surface area contributed by atoms with Gasteiger partial charge in [0.05, 0.1) is 0 Å². The molecular weight excluding hydrogens is 176 g/mol. The highest BCUT2D eigenvalue weighted by molar-refractivity contribution is 5.78. The fourth-order valence-corrected chi connectivity index (χ4v) is 1.61. The van der Waals surface area contributed by atoms with E-state index in [2.05, 4.69) is 0 Å². The number of carboxylic acid groups (broad SMARTS) is 1. The van der Waals surface area contributed by atoms with Gasteiger partial charge < -0.3 is 20.4 Å². The van der Waals surface area contributed by atoms with E-state index in [9.17, 15) is 20.1 Å². The van der Waals surface area contributed by atoms with E-state index in [1.807, 2.05) is 0 Å². The molecule has 13 heavy (non-hydrogen) atoms. The van der Waals surface area contributed by atoms with E-state index in [1.54, 1.807) is 0 Å². The van der Waals surface area contributed by atoms with Crippen LogP contribution in [0.4, 0.5) is 0 Å². The second kappa shape index (κ2) is 3.25. The fraction of sp³-hybridized carbons (Fsp3) is 0.875. The third-order valence-electron chi connectivity index (χ3n) is 2.58. The van der Waals surface area contributed by atoms with Crippen LogP contribution in [-0.2, 0) is 4.79 Å². The van der Waals surface area contributed by atoms with Crippen molar-refractivity contribution in [3.63, 3.8) is 0 Å². The zero-order chi connectivity index (χ0) is 10.1. The molecular formula is C8H14O5. The number of carboxylic acids is 1. The molecule has 5 heteroatoms. The summed E-state index contributed by atoms with van der Waals surface area (Å²) in [6.45, 7) is 0. The number of aliphatic hydroxyl groups is 3.